The van der Waals surface area contributed by atoms with E-state index in [1.165, 1.54) is 29.5 Å². The standard InChI is InChI=1S/C12H11F3N2OS/c1-2-9-17-10(11(16)19-9)7-4-3-5-8(6-7)18-12(13,14)15/h3-6H,2,16H2,1H3. The predicted molar refractivity (Wildman–Crippen MR) is 68.0 cm³/mol. The molecule has 1 aromatic heterocycles. The van der Waals surface area contributed by atoms with E-state index in [0.717, 1.165) is 11.4 Å². The van der Waals surface area contributed by atoms with E-state index < -0.39 is 6.36 Å². The molecule has 0 saturated heterocycles. The van der Waals surface area contributed by atoms with Gasteiger partial charge in [0, 0.05) is 5.56 Å². The lowest BCUT2D eigenvalue weighted by atomic mass is 10.1. The Bertz CT molecular complexity index is 581. The highest BCUT2D eigenvalue weighted by Crippen LogP contribution is 2.33. The smallest absolute Gasteiger partial charge is 0.406 e. The van der Waals surface area contributed by atoms with Gasteiger partial charge >= 0.3 is 6.36 Å². The molecule has 2 rings (SSSR count). The average Bonchev–Trinajstić information content (AvgIpc) is 2.69. The second kappa shape index (κ2) is 5.08. The zero-order valence-corrected chi connectivity index (χ0v) is 10.8. The van der Waals surface area contributed by atoms with Gasteiger partial charge in [0.25, 0.3) is 0 Å². The molecule has 0 saturated carbocycles. The van der Waals surface area contributed by atoms with Crippen molar-refractivity contribution in [1.82, 2.24) is 4.98 Å². The molecule has 7 heteroatoms. The lowest BCUT2D eigenvalue weighted by Gasteiger charge is -2.09. The molecule has 0 spiro atoms. The van der Waals surface area contributed by atoms with Gasteiger partial charge in [-0.1, -0.05) is 19.1 Å². The fraction of sp³-hybridized carbons (Fsp3) is 0.250. The van der Waals surface area contributed by atoms with Crippen molar-refractivity contribution in [2.75, 3.05) is 5.73 Å². The van der Waals surface area contributed by atoms with Crippen LogP contribution >= 0.6 is 11.3 Å². The highest BCUT2D eigenvalue weighted by Gasteiger charge is 2.31. The maximum absolute atomic E-state index is 12.2. The Morgan fingerprint density at radius 2 is 2.11 bits per heavy atom. The van der Waals surface area contributed by atoms with Crippen molar-refractivity contribution in [3.63, 3.8) is 0 Å². The summed E-state index contributed by atoms with van der Waals surface area (Å²) in [6, 6.07) is 5.63. The molecule has 0 bridgehead atoms. The van der Waals surface area contributed by atoms with Gasteiger partial charge in [-0.15, -0.1) is 24.5 Å². The Hall–Kier alpha value is -1.76. The summed E-state index contributed by atoms with van der Waals surface area (Å²) in [5.74, 6) is -0.282. The van der Waals surface area contributed by atoms with Crippen LogP contribution < -0.4 is 10.5 Å². The highest BCUT2D eigenvalue weighted by molar-refractivity contribution is 7.16. The van der Waals surface area contributed by atoms with E-state index in [9.17, 15) is 13.2 Å². The predicted octanol–water partition coefficient (Wildman–Crippen LogP) is 3.85. The maximum Gasteiger partial charge on any atom is 0.573 e. The van der Waals surface area contributed by atoms with Crippen LogP contribution in [0.15, 0.2) is 24.3 Å². The second-order valence-corrected chi connectivity index (χ2v) is 4.86. The Labute approximate surface area is 111 Å². The molecule has 0 unspecified atom stereocenters. The number of halogens is 3. The number of alkyl halides is 3. The van der Waals surface area contributed by atoms with Gasteiger partial charge in [-0.2, -0.15) is 0 Å². The van der Waals surface area contributed by atoms with Crippen molar-refractivity contribution in [2.45, 2.75) is 19.7 Å². The number of hydrogen-bond acceptors (Lipinski definition) is 4. The average molecular weight is 288 g/mol. The summed E-state index contributed by atoms with van der Waals surface area (Å²) in [5.41, 5.74) is 6.82. The van der Waals surface area contributed by atoms with Crippen LogP contribution in [0.1, 0.15) is 11.9 Å². The number of nitrogen functional groups attached to an aromatic ring is 1. The van der Waals surface area contributed by atoms with E-state index in [-0.39, 0.29) is 5.75 Å². The molecular formula is C12H11F3N2OS. The zero-order valence-electron chi connectivity index (χ0n) is 9.99. The number of thiazole rings is 1. The first kappa shape index (κ1) is 13.7. The fourth-order valence-electron chi connectivity index (χ4n) is 1.58. The number of anilines is 1. The number of hydrogen-bond donors (Lipinski definition) is 1. The molecule has 0 aliphatic carbocycles. The van der Waals surface area contributed by atoms with E-state index in [4.69, 9.17) is 5.73 Å². The molecule has 3 nitrogen and oxygen atoms in total. The van der Waals surface area contributed by atoms with Crippen molar-refractivity contribution in [3.8, 4) is 17.0 Å². The maximum atomic E-state index is 12.2. The van der Waals surface area contributed by atoms with E-state index in [1.807, 2.05) is 6.92 Å². The van der Waals surface area contributed by atoms with Crippen LogP contribution in [0, 0.1) is 0 Å². The van der Waals surface area contributed by atoms with Crippen LogP contribution in [0.3, 0.4) is 0 Å². The first-order chi connectivity index (χ1) is 8.89. The molecule has 2 N–H and O–H groups in total. The Morgan fingerprint density at radius 1 is 1.37 bits per heavy atom. The molecule has 0 amide bonds. The lowest BCUT2D eigenvalue weighted by molar-refractivity contribution is -0.274. The number of aromatic nitrogens is 1. The van der Waals surface area contributed by atoms with Crippen LogP contribution in [0.5, 0.6) is 5.75 Å². The SMILES string of the molecule is CCc1nc(-c2cccc(OC(F)(F)F)c2)c(N)s1. The minimum absolute atomic E-state index is 0.282. The number of nitrogens with zero attached hydrogens (tertiary/aromatic N) is 1. The quantitative estimate of drug-likeness (QED) is 0.933. The van der Waals surface area contributed by atoms with Crippen molar-refractivity contribution in [1.29, 1.82) is 0 Å². The molecule has 0 radical (unpaired) electrons. The molecule has 0 aliphatic heterocycles. The van der Waals surface area contributed by atoms with Gasteiger partial charge in [-0.05, 0) is 18.6 Å². The number of aryl methyl sites for hydroxylation is 1. The first-order valence-corrected chi connectivity index (χ1v) is 6.32. The molecular weight excluding hydrogens is 277 g/mol. The van der Waals surface area contributed by atoms with Crippen molar-refractivity contribution >= 4 is 16.3 Å². The van der Waals surface area contributed by atoms with Gasteiger partial charge < -0.3 is 10.5 Å². The van der Waals surface area contributed by atoms with Crippen molar-refractivity contribution in [2.24, 2.45) is 0 Å². The zero-order chi connectivity index (χ0) is 14.0. The summed E-state index contributed by atoms with van der Waals surface area (Å²) in [5, 5.41) is 1.33. The van der Waals surface area contributed by atoms with Crippen LogP contribution in [-0.2, 0) is 6.42 Å². The number of ether oxygens (including phenoxy) is 1. The third-order valence-corrected chi connectivity index (χ3v) is 3.37. The Balaban J connectivity index is 2.34. The molecule has 0 atom stereocenters. The Morgan fingerprint density at radius 3 is 2.68 bits per heavy atom. The summed E-state index contributed by atoms with van der Waals surface area (Å²) in [7, 11) is 0. The van der Waals surface area contributed by atoms with Crippen LogP contribution in [0.25, 0.3) is 11.3 Å². The summed E-state index contributed by atoms with van der Waals surface area (Å²) in [4.78, 5) is 4.29. The van der Waals surface area contributed by atoms with Crippen LogP contribution in [0.2, 0.25) is 0 Å². The lowest BCUT2D eigenvalue weighted by Crippen LogP contribution is -2.17. The van der Waals surface area contributed by atoms with Crippen LogP contribution in [-0.4, -0.2) is 11.3 Å². The minimum Gasteiger partial charge on any atom is -0.406 e. The summed E-state index contributed by atoms with van der Waals surface area (Å²) >= 11 is 1.33. The van der Waals surface area contributed by atoms with Crippen molar-refractivity contribution in [3.05, 3.63) is 29.3 Å². The summed E-state index contributed by atoms with van der Waals surface area (Å²) in [6.45, 7) is 1.94. The van der Waals surface area contributed by atoms with Gasteiger partial charge in [0.15, 0.2) is 0 Å². The van der Waals surface area contributed by atoms with Crippen molar-refractivity contribution < 1.29 is 17.9 Å². The molecule has 2 aromatic rings. The highest BCUT2D eigenvalue weighted by atomic mass is 32.1. The van der Waals surface area contributed by atoms with E-state index in [1.54, 1.807) is 6.07 Å². The minimum atomic E-state index is -4.71. The number of benzene rings is 1. The van der Waals surface area contributed by atoms with Gasteiger partial charge in [0.05, 0.1) is 5.01 Å². The molecule has 19 heavy (non-hydrogen) atoms. The first-order valence-electron chi connectivity index (χ1n) is 5.50. The topological polar surface area (TPSA) is 48.1 Å². The van der Waals surface area contributed by atoms with Gasteiger partial charge in [0.2, 0.25) is 0 Å². The molecule has 0 aliphatic rings. The third kappa shape index (κ3) is 3.37. The molecule has 0 fully saturated rings. The van der Waals surface area contributed by atoms with Crippen LogP contribution in [0.4, 0.5) is 18.2 Å². The molecule has 102 valence electrons. The molecule has 1 aromatic carbocycles. The summed E-state index contributed by atoms with van der Waals surface area (Å²) in [6.07, 6.45) is -3.98. The fourth-order valence-corrected chi connectivity index (χ4v) is 2.37. The monoisotopic (exact) mass is 288 g/mol. The number of nitrogens with two attached hydrogens (primary N) is 1. The Kier molecular flexibility index (Phi) is 3.66. The normalized spacial score (nSPS) is 11.6. The second-order valence-electron chi connectivity index (χ2n) is 3.75. The summed E-state index contributed by atoms with van der Waals surface area (Å²) < 4.78 is 40.3. The molecule has 1 heterocycles. The van der Waals surface area contributed by atoms with E-state index in [2.05, 4.69) is 9.72 Å². The number of rotatable bonds is 3. The van der Waals surface area contributed by atoms with Gasteiger partial charge in [-0.25, -0.2) is 4.98 Å². The van der Waals surface area contributed by atoms with E-state index >= 15 is 0 Å². The third-order valence-electron chi connectivity index (χ3n) is 2.34. The largest absolute Gasteiger partial charge is 0.573 e. The van der Waals surface area contributed by atoms with Gasteiger partial charge in [-0.3, -0.25) is 0 Å². The van der Waals surface area contributed by atoms with Gasteiger partial charge in [0.1, 0.15) is 16.4 Å². The van der Waals surface area contributed by atoms with E-state index in [0.29, 0.717) is 16.3 Å².